The first-order valence-corrected chi connectivity index (χ1v) is 7.09. The predicted molar refractivity (Wildman–Crippen MR) is 73.1 cm³/mol. The fraction of sp³-hybridized carbons (Fsp3) is 0.455. The Hall–Kier alpha value is -0.720. The van der Waals surface area contributed by atoms with Gasteiger partial charge in [0.25, 0.3) is 0 Å². The van der Waals surface area contributed by atoms with E-state index in [4.69, 9.17) is 0 Å². The fourth-order valence-electron chi connectivity index (χ4n) is 1.56. The minimum atomic E-state index is 0.370. The predicted octanol–water partition coefficient (Wildman–Crippen LogP) is 2.53. The number of aryl methyl sites for hydroxylation is 1. The van der Waals surface area contributed by atoms with Crippen LogP contribution in [0.15, 0.2) is 22.2 Å². The van der Waals surface area contributed by atoms with Crippen LogP contribution in [0.5, 0.6) is 0 Å². The largest absolute Gasteiger partial charge is 0.309 e. The second kappa shape index (κ2) is 5.75. The van der Waals surface area contributed by atoms with Crippen molar-refractivity contribution in [3.63, 3.8) is 0 Å². The summed E-state index contributed by atoms with van der Waals surface area (Å²) < 4.78 is 2.90. The van der Waals surface area contributed by atoms with E-state index in [2.05, 4.69) is 50.4 Å². The molecule has 1 N–H and O–H groups in total. The van der Waals surface area contributed by atoms with Gasteiger partial charge in [0.1, 0.15) is 6.33 Å². The molecule has 0 radical (unpaired) electrons. The highest BCUT2D eigenvalue weighted by Crippen LogP contribution is 2.26. The van der Waals surface area contributed by atoms with Gasteiger partial charge in [0.15, 0.2) is 5.82 Å². The van der Waals surface area contributed by atoms with Crippen molar-refractivity contribution in [2.75, 3.05) is 6.54 Å². The Morgan fingerprint density at radius 2 is 2.35 bits per heavy atom. The Bertz CT molecular complexity index is 479. The van der Waals surface area contributed by atoms with Crippen molar-refractivity contribution in [2.24, 2.45) is 7.05 Å². The van der Waals surface area contributed by atoms with Crippen molar-refractivity contribution >= 4 is 27.3 Å². The molecule has 0 aliphatic heterocycles. The van der Waals surface area contributed by atoms with E-state index < -0.39 is 0 Å². The van der Waals surface area contributed by atoms with Crippen molar-refractivity contribution < 1.29 is 0 Å². The quantitative estimate of drug-likeness (QED) is 0.922. The van der Waals surface area contributed by atoms with Crippen molar-refractivity contribution in [2.45, 2.75) is 19.4 Å². The highest BCUT2D eigenvalue weighted by molar-refractivity contribution is 9.11. The third kappa shape index (κ3) is 3.62. The van der Waals surface area contributed by atoms with Crippen LogP contribution in [0.3, 0.4) is 0 Å². The molecule has 1 unspecified atom stereocenters. The number of aromatic nitrogens is 3. The second-order valence-electron chi connectivity index (χ2n) is 3.90. The molecule has 0 bridgehead atoms. The zero-order valence-electron chi connectivity index (χ0n) is 9.85. The first-order chi connectivity index (χ1) is 8.15. The molecule has 0 aliphatic rings. The van der Waals surface area contributed by atoms with Crippen LogP contribution in [-0.4, -0.2) is 21.3 Å². The van der Waals surface area contributed by atoms with E-state index in [0.29, 0.717) is 6.04 Å². The summed E-state index contributed by atoms with van der Waals surface area (Å²) in [6, 6.07) is 4.60. The molecule has 4 nitrogen and oxygen atoms in total. The molecule has 17 heavy (non-hydrogen) atoms. The highest BCUT2D eigenvalue weighted by atomic mass is 79.9. The molecule has 0 aromatic carbocycles. The Morgan fingerprint density at radius 1 is 1.53 bits per heavy atom. The topological polar surface area (TPSA) is 42.7 Å². The van der Waals surface area contributed by atoms with E-state index in [1.807, 2.05) is 7.05 Å². The standard InChI is InChI=1S/C11H15BrN4S/c1-8(9-3-4-10(12)17-9)13-6-5-11-14-7-16(2)15-11/h3-4,7-8,13H,5-6H2,1-2H3. The van der Waals surface area contributed by atoms with Gasteiger partial charge in [0, 0.05) is 30.9 Å². The van der Waals surface area contributed by atoms with E-state index in [9.17, 15) is 0 Å². The summed E-state index contributed by atoms with van der Waals surface area (Å²) in [6.45, 7) is 3.06. The minimum absolute atomic E-state index is 0.370. The maximum Gasteiger partial charge on any atom is 0.151 e. The number of thiophene rings is 1. The molecule has 2 rings (SSSR count). The van der Waals surface area contributed by atoms with Crippen LogP contribution in [0.2, 0.25) is 0 Å². The zero-order chi connectivity index (χ0) is 12.3. The van der Waals surface area contributed by atoms with E-state index in [1.165, 1.54) is 8.66 Å². The first-order valence-electron chi connectivity index (χ1n) is 5.48. The lowest BCUT2D eigenvalue weighted by molar-refractivity contribution is 0.575. The molecular formula is C11H15BrN4S. The number of hydrogen-bond donors (Lipinski definition) is 1. The fourth-order valence-corrected chi connectivity index (χ4v) is 3.01. The molecule has 2 heterocycles. The monoisotopic (exact) mass is 314 g/mol. The van der Waals surface area contributed by atoms with Gasteiger partial charge < -0.3 is 5.32 Å². The van der Waals surface area contributed by atoms with Gasteiger partial charge in [-0.15, -0.1) is 11.3 Å². The molecule has 2 aromatic heterocycles. The molecule has 0 fully saturated rings. The third-order valence-electron chi connectivity index (χ3n) is 2.47. The summed E-state index contributed by atoms with van der Waals surface area (Å²) >= 11 is 5.24. The van der Waals surface area contributed by atoms with Gasteiger partial charge in [-0.3, -0.25) is 4.68 Å². The maximum atomic E-state index is 4.25. The molecule has 0 spiro atoms. The average Bonchev–Trinajstić information content (AvgIpc) is 2.88. The highest BCUT2D eigenvalue weighted by Gasteiger charge is 2.07. The van der Waals surface area contributed by atoms with Gasteiger partial charge >= 0.3 is 0 Å². The van der Waals surface area contributed by atoms with Gasteiger partial charge in [0.2, 0.25) is 0 Å². The Kier molecular flexibility index (Phi) is 4.31. The molecule has 2 aromatic rings. The number of rotatable bonds is 5. The Labute approximate surface area is 113 Å². The second-order valence-corrected chi connectivity index (χ2v) is 6.40. The normalized spacial score (nSPS) is 12.9. The SMILES string of the molecule is CC(NCCc1ncn(C)n1)c1ccc(Br)s1. The molecule has 92 valence electrons. The molecule has 0 aliphatic carbocycles. The molecule has 0 saturated carbocycles. The van der Waals surface area contributed by atoms with Crippen molar-refractivity contribution in [3.05, 3.63) is 32.9 Å². The van der Waals surface area contributed by atoms with Gasteiger partial charge in [0.05, 0.1) is 3.79 Å². The average molecular weight is 315 g/mol. The van der Waals surface area contributed by atoms with Gasteiger partial charge in [-0.25, -0.2) is 4.98 Å². The van der Waals surface area contributed by atoms with Gasteiger partial charge in [-0.2, -0.15) is 5.10 Å². The molecule has 0 amide bonds. The number of nitrogens with zero attached hydrogens (tertiary/aromatic N) is 3. The van der Waals surface area contributed by atoms with E-state index in [1.54, 1.807) is 22.3 Å². The molecule has 0 saturated heterocycles. The number of halogens is 1. The summed E-state index contributed by atoms with van der Waals surface area (Å²) in [7, 11) is 1.88. The van der Waals surface area contributed by atoms with Gasteiger partial charge in [-0.1, -0.05) is 0 Å². The summed E-state index contributed by atoms with van der Waals surface area (Å²) in [5, 5.41) is 7.72. The summed E-state index contributed by atoms with van der Waals surface area (Å²) in [5.41, 5.74) is 0. The molecule has 6 heteroatoms. The maximum absolute atomic E-state index is 4.25. The van der Waals surface area contributed by atoms with Crippen molar-refractivity contribution in [1.29, 1.82) is 0 Å². The summed E-state index contributed by atoms with van der Waals surface area (Å²) in [4.78, 5) is 5.54. The summed E-state index contributed by atoms with van der Waals surface area (Å²) in [5.74, 6) is 0.888. The van der Waals surface area contributed by atoms with Crippen molar-refractivity contribution in [1.82, 2.24) is 20.1 Å². The smallest absolute Gasteiger partial charge is 0.151 e. The lowest BCUT2D eigenvalue weighted by Crippen LogP contribution is -2.21. The first kappa shape index (κ1) is 12.7. The lowest BCUT2D eigenvalue weighted by atomic mass is 10.2. The number of nitrogens with one attached hydrogen (secondary N) is 1. The van der Waals surface area contributed by atoms with Crippen LogP contribution >= 0.6 is 27.3 Å². The van der Waals surface area contributed by atoms with Crippen LogP contribution in [0.4, 0.5) is 0 Å². The van der Waals surface area contributed by atoms with Crippen LogP contribution in [0.1, 0.15) is 23.7 Å². The van der Waals surface area contributed by atoms with E-state index in [-0.39, 0.29) is 0 Å². The van der Waals surface area contributed by atoms with Crippen LogP contribution in [0.25, 0.3) is 0 Å². The zero-order valence-corrected chi connectivity index (χ0v) is 12.3. The van der Waals surface area contributed by atoms with Crippen LogP contribution in [-0.2, 0) is 13.5 Å². The Morgan fingerprint density at radius 3 is 2.94 bits per heavy atom. The Balaban J connectivity index is 1.78. The van der Waals surface area contributed by atoms with Crippen molar-refractivity contribution in [3.8, 4) is 0 Å². The molecule has 1 atom stereocenters. The minimum Gasteiger partial charge on any atom is -0.309 e. The van der Waals surface area contributed by atoms with E-state index >= 15 is 0 Å². The van der Waals surface area contributed by atoms with E-state index in [0.717, 1.165) is 18.8 Å². The lowest BCUT2D eigenvalue weighted by Gasteiger charge is -2.10. The van der Waals surface area contributed by atoms with Crippen LogP contribution < -0.4 is 5.32 Å². The summed E-state index contributed by atoms with van der Waals surface area (Å²) in [6.07, 6.45) is 2.59. The number of hydrogen-bond acceptors (Lipinski definition) is 4. The van der Waals surface area contributed by atoms with Crippen LogP contribution in [0, 0.1) is 0 Å². The van der Waals surface area contributed by atoms with Gasteiger partial charge in [-0.05, 0) is 35.0 Å². The third-order valence-corrected chi connectivity index (χ3v) is 4.27. The molecular weight excluding hydrogens is 300 g/mol.